The Bertz CT molecular complexity index is 1160. The molecule has 0 fully saturated rings. The van der Waals surface area contributed by atoms with Crippen molar-refractivity contribution in [2.45, 2.75) is 58.2 Å². The number of carboxylic acids is 1. The number of carboxylic acid groups (broad SMARTS) is 1. The number of aliphatic carboxylic acids is 1. The van der Waals surface area contributed by atoms with Crippen molar-refractivity contribution >= 4 is 34.5 Å². The van der Waals surface area contributed by atoms with Crippen LogP contribution in [0.25, 0.3) is 10.9 Å². The molecule has 2 atom stereocenters. The number of nitrogens with two attached hydrogens (primary N) is 2. The van der Waals surface area contributed by atoms with Crippen LogP contribution >= 0.6 is 0 Å². The zero-order chi connectivity index (χ0) is 26.7. The fraction of sp³-hybridized carbons (Fsp3) is 0.385. The van der Waals surface area contributed by atoms with Crippen LogP contribution in [0.4, 0.5) is 11.8 Å². The topological polar surface area (TPSA) is 188 Å². The van der Waals surface area contributed by atoms with Crippen LogP contribution in [-0.4, -0.2) is 50.8 Å². The quantitative estimate of drug-likeness (QED) is 0.178. The molecule has 0 aliphatic heterocycles. The molecular weight excluding hydrogens is 485 g/mol. The van der Waals surface area contributed by atoms with Crippen LogP contribution < -0.4 is 51.4 Å². The minimum atomic E-state index is -1.38. The number of hydrogen-bond acceptors (Lipinski definition) is 9. The van der Waals surface area contributed by atoms with Crippen molar-refractivity contribution in [1.82, 2.24) is 15.3 Å². The molecule has 0 aliphatic carbocycles. The van der Waals surface area contributed by atoms with E-state index in [1.54, 1.807) is 12.1 Å². The van der Waals surface area contributed by atoms with Gasteiger partial charge in [-0.1, -0.05) is 32.0 Å². The standard InChI is InChI=1S/C24H29N5O5.C2H6.Na/c25-22-19-11-15(5-8-20(19)28-24(26)29-22)2-1-14-3-6-16(7-4-14)23(34)27-10-9-17(30)12-18(31)13-21(32)33;1-2;/h3-8,11,17-18,30-31H,1-2,9-10,12-13H2,(H,27,34)(H,32,33)(H4,25,26,28,29);1-2H3;/q;;+1/p-1/t17-,18-;;/m1../s1. The summed E-state index contributed by atoms with van der Waals surface area (Å²) in [5, 5.41) is 33.3. The molecule has 0 spiro atoms. The zero-order valence-corrected chi connectivity index (χ0v) is 23.6. The summed E-state index contributed by atoms with van der Waals surface area (Å²) < 4.78 is 0. The first-order valence-electron chi connectivity index (χ1n) is 12.0. The second-order valence-corrected chi connectivity index (χ2v) is 8.18. The van der Waals surface area contributed by atoms with Gasteiger partial charge in [0, 0.05) is 29.9 Å². The van der Waals surface area contributed by atoms with E-state index in [0.717, 1.165) is 29.4 Å². The van der Waals surface area contributed by atoms with Crippen LogP contribution in [0.1, 0.15) is 54.6 Å². The minimum Gasteiger partial charge on any atom is -0.550 e. The Morgan fingerprint density at radius 1 is 0.973 bits per heavy atom. The van der Waals surface area contributed by atoms with Gasteiger partial charge >= 0.3 is 29.6 Å². The van der Waals surface area contributed by atoms with Crippen molar-refractivity contribution in [1.29, 1.82) is 0 Å². The van der Waals surface area contributed by atoms with Crippen molar-refractivity contribution in [3.8, 4) is 0 Å². The number of nitrogens with zero attached hydrogens (tertiary/aromatic N) is 2. The van der Waals surface area contributed by atoms with Gasteiger partial charge in [0.15, 0.2) is 0 Å². The number of aliphatic hydroxyl groups excluding tert-OH is 2. The van der Waals surface area contributed by atoms with Crippen molar-refractivity contribution in [3.05, 3.63) is 59.2 Å². The number of aliphatic hydroxyl groups is 2. The average Bonchev–Trinajstić information content (AvgIpc) is 2.83. The Balaban J connectivity index is 0.00000223. The molecule has 194 valence electrons. The normalized spacial score (nSPS) is 12.0. The minimum absolute atomic E-state index is 0. The fourth-order valence-electron chi connectivity index (χ4n) is 3.65. The number of rotatable bonds is 11. The van der Waals surface area contributed by atoms with E-state index in [1.807, 2.05) is 44.2 Å². The third kappa shape index (κ3) is 10.6. The first-order valence-corrected chi connectivity index (χ1v) is 12.0. The Hall–Kier alpha value is -2.76. The molecule has 1 heterocycles. The molecule has 11 heteroatoms. The maximum Gasteiger partial charge on any atom is 1.00 e. The molecule has 7 N–H and O–H groups in total. The van der Waals surface area contributed by atoms with Gasteiger partial charge in [-0.05, 0) is 61.1 Å². The molecular formula is C26H34N5NaO5. The first-order chi connectivity index (χ1) is 17.2. The van der Waals surface area contributed by atoms with E-state index in [4.69, 9.17) is 11.5 Å². The van der Waals surface area contributed by atoms with E-state index in [0.29, 0.717) is 16.9 Å². The largest absolute Gasteiger partial charge is 1.00 e. The van der Waals surface area contributed by atoms with Crippen molar-refractivity contribution in [2.24, 2.45) is 0 Å². The van der Waals surface area contributed by atoms with Gasteiger partial charge in [-0.3, -0.25) is 4.79 Å². The molecule has 1 aromatic heterocycles. The summed E-state index contributed by atoms with van der Waals surface area (Å²) in [6.45, 7) is 4.19. The van der Waals surface area contributed by atoms with E-state index in [1.165, 1.54) is 0 Å². The number of benzene rings is 2. The number of hydrogen-bond donors (Lipinski definition) is 5. The number of nitrogen functional groups attached to an aromatic ring is 2. The molecule has 10 nitrogen and oxygen atoms in total. The number of fused-ring (bicyclic) bond motifs is 1. The first kappa shape index (κ1) is 32.3. The van der Waals surface area contributed by atoms with Crippen LogP contribution in [0.15, 0.2) is 42.5 Å². The molecule has 3 aromatic rings. The second-order valence-electron chi connectivity index (χ2n) is 8.18. The molecule has 2 aromatic carbocycles. The van der Waals surface area contributed by atoms with Crippen LogP contribution in [-0.2, 0) is 17.6 Å². The maximum atomic E-state index is 12.3. The van der Waals surface area contributed by atoms with Crippen molar-refractivity contribution < 1.29 is 54.5 Å². The molecule has 0 bridgehead atoms. The summed E-state index contributed by atoms with van der Waals surface area (Å²) >= 11 is 0. The molecule has 0 radical (unpaired) electrons. The number of nitrogens with one attached hydrogen (secondary N) is 1. The average molecular weight is 520 g/mol. The number of anilines is 2. The van der Waals surface area contributed by atoms with Crippen LogP contribution in [0.5, 0.6) is 0 Å². The number of amides is 1. The smallest absolute Gasteiger partial charge is 0.550 e. The van der Waals surface area contributed by atoms with Gasteiger partial charge in [-0.2, -0.15) is 4.98 Å². The molecule has 0 unspecified atom stereocenters. The Morgan fingerprint density at radius 3 is 2.24 bits per heavy atom. The molecule has 3 rings (SSSR count). The number of aromatic nitrogens is 2. The van der Waals surface area contributed by atoms with Gasteiger partial charge in [-0.25, -0.2) is 4.98 Å². The van der Waals surface area contributed by atoms with Crippen LogP contribution in [0.3, 0.4) is 0 Å². The summed E-state index contributed by atoms with van der Waals surface area (Å²) in [5.74, 6) is -1.16. The predicted molar refractivity (Wildman–Crippen MR) is 137 cm³/mol. The number of aryl methyl sites for hydroxylation is 2. The van der Waals surface area contributed by atoms with E-state index >= 15 is 0 Å². The Labute approximate surface area is 238 Å². The maximum absolute atomic E-state index is 12.3. The Kier molecular flexibility index (Phi) is 14.1. The summed E-state index contributed by atoms with van der Waals surface area (Å²) in [5.41, 5.74) is 14.9. The predicted octanol–water partition coefficient (Wildman–Crippen LogP) is -2.02. The fourth-order valence-corrected chi connectivity index (χ4v) is 3.65. The molecule has 0 aliphatic rings. The molecule has 0 saturated heterocycles. The zero-order valence-electron chi connectivity index (χ0n) is 21.6. The van der Waals surface area contributed by atoms with E-state index in [-0.39, 0.29) is 60.8 Å². The Morgan fingerprint density at radius 2 is 1.59 bits per heavy atom. The molecule has 37 heavy (non-hydrogen) atoms. The monoisotopic (exact) mass is 519 g/mol. The summed E-state index contributed by atoms with van der Waals surface area (Å²) in [6.07, 6.45) is -0.996. The summed E-state index contributed by atoms with van der Waals surface area (Å²) in [7, 11) is 0. The van der Waals surface area contributed by atoms with Gasteiger partial charge in [0.1, 0.15) is 5.82 Å². The third-order valence-corrected chi connectivity index (χ3v) is 5.43. The van der Waals surface area contributed by atoms with E-state index < -0.39 is 24.6 Å². The van der Waals surface area contributed by atoms with Gasteiger partial charge in [0.05, 0.1) is 17.7 Å². The number of carbonyl (C=O) groups is 2. The van der Waals surface area contributed by atoms with Crippen molar-refractivity contribution in [2.75, 3.05) is 18.0 Å². The second kappa shape index (κ2) is 16.2. The van der Waals surface area contributed by atoms with Gasteiger partial charge in [-0.15, -0.1) is 0 Å². The van der Waals surface area contributed by atoms with Gasteiger partial charge in [0.2, 0.25) is 5.95 Å². The SMILES string of the molecule is CC.Nc1nc(N)c2cc(CCc3ccc(C(=O)NCC[C@@H](O)C[C@@H](O)CC(=O)[O-])cc3)ccc2n1.[Na+]. The van der Waals surface area contributed by atoms with Crippen LogP contribution in [0.2, 0.25) is 0 Å². The van der Waals surface area contributed by atoms with Gasteiger partial charge in [0.25, 0.3) is 5.91 Å². The molecule has 0 saturated carbocycles. The summed E-state index contributed by atoms with van der Waals surface area (Å²) in [4.78, 5) is 30.9. The third-order valence-electron chi connectivity index (χ3n) is 5.43. The van der Waals surface area contributed by atoms with Crippen molar-refractivity contribution in [3.63, 3.8) is 0 Å². The van der Waals surface area contributed by atoms with E-state index in [9.17, 15) is 24.9 Å². The number of carbonyl (C=O) groups excluding carboxylic acids is 2. The van der Waals surface area contributed by atoms with Gasteiger partial charge < -0.3 is 36.9 Å². The molecule has 1 amide bonds. The summed E-state index contributed by atoms with van der Waals surface area (Å²) in [6, 6.07) is 13.0. The van der Waals surface area contributed by atoms with E-state index in [2.05, 4.69) is 15.3 Å². The van der Waals surface area contributed by atoms with Crippen LogP contribution in [0, 0.1) is 0 Å².